The Bertz CT molecular complexity index is 1510. The number of hydrogen-bond acceptors (Lipinski definition) is 3. The van der Waals surface area contributed by atoms with E-state index in [2.05, 4.69) is 22.1 Å². The number of para-hydroxylation sites is 1. The first kappa shape index (κ1) is 17.3. The number of nitrogens with zero attached hydrogens (tertiary/aromatic N) is 2. The molecule has 0 amide bonds. The molecule has 0 bridgehead atoms. The van der Waals surface area contributed by atoms with Gasteiger partial charge in [-0.15, -0.1) is 59.7 Å². The van der Waals surface area contributed by atoms with Crippen molar-refractivity contribution < 1.29 is 30.0 Å². The third-order valence-electron chi connectivity index (χ3n) is 4.80. The van der Waals surface area contributed by atoms with Crippen LogP contribution in [0, 0.1) is 12.1 Å². The summed E-state index contributed by atoms with van der Waals surface area (Å²) >= 11 is 0. The Kier molecular flexibility index (Phi) is 5.56. The zero-order valence-electron chi connectivity index (χ0n) is 20.9. The summed E-state index contributed by atoms with van der Waals surface area (Å²) in [5.74, 6) is 0. The Hall–Kier alpha value is -3.33. The number of pyridine rings is 1. The van der Waals surface area contributed by atoms with Gasteiger partial charge in [0.1, 0.15) is 5.58 Å². The summed E-state index contributed by atoms with van der Waals surface area (Å²) in [6.45, 7) is 0. The predicted octanol–water partition coefficient (Wildman–Crippen LogP) is 7.03. The van der Waals surface area contributed by atoms with Crippen molar-refractivity contribution >= 4 is 27.7 Å². The molecule has 0 N–H and O–H groups in total. The number of hydrogen-bond donors (Lipinski definition) is 0. The quantitative estimate of drug-likeness (QED) is 0.205. The van der Waals surface area contributed by atoms with Gasteiger partial charge in [-0.3, -0.25) is 0 Å². The van der Waals surface area contributed by atoms with Gasteiger partial charge in [0.15, 0.2) is 0 Å². The van der Waals surface area contributed by atoms with Gasteiger partial charge in [-0.1, -0.05) is 41.8 Å². The number of allylic oxidation sites excluding steroid dienone is 1. The molecule has 1 radical (unpaired) electrons. The van der Waals surface area contributed by atoms with E-state index in [9.17, 15) is 0 Å². The van der Waals surface area contributed by atoms with Gasteiger partial charge in [0.25, 0.3) is 0 Å². The van der Waals surface area contributed by atoms with Crippen molar-refractivity contribution in [3.8, 4) is 11.3 Å². The van der Waals surface area contributed by atoms with E-state index in [0.717, 1.165) is 27.6 Å². The Morgan fingerprint density at radius 3 is 2.62 bits per heavy atom. The summed E-state index contributed by atoms with van der Waals surface area (Å²) in [6.07, 6.45) is -0.561. The first-order chi connectivity index (χ1) is 17.0. The number of aromatic nitrogens is 1. The maximum absolute atomic E-state index is 8.13. The molecule has 3 aromatic carbocycles. The number of fused-ring (bicyclic) bond motifs is 3. The summed E-state index contributed by atoms with van der Waals surface area (Å²) in [5, 5.41) is 1.85. The summed E-state index contributed by atoms with van der Waals surface area (Å²) in [4.78, 5) is 8.26. The SMILES string of the molecule is [2H]C1=C([2H])C([2H])C([2H])C(c2[c-]cc3oc4ccccc4c3c2)=N1.[Ir].[c-]1ccccc1-c1ccccn1. The van der Waals surface area contributed by atoms with E-state index in [1.165, 1.54) is 0 Å². The van der Waals surface area contributed by atoms with Gasteiger partial charge in [0.05, 0.1) is 8.32 Å². The third-order valence-corrected chi connectivity index (χ3v) is 4.80. The van der Waals surface area contributed by atoms with E-state index < -0.39 is 12.8 Å². The van der Waals surface area contributed by atoms with Crippen LogP contribution in [-0.4, -0.2) is 10.7 Å². The van der Waals surface area contributed by atoms with Crippen LogP contribution >= 0.6 is 0 Å². The van der Waals surface area contributed by atoms with Crippen LogP contribution in [0.3, 0.4) is 0 Å². The molecule has 2 atom stereocenters. The summed E-state index contributed by atoms with van der Waals surface area (Å²) in [5.41, 5.74) is 4.35. The smallest absolute Gasteiger partial charge is 0.120 e. The molecule has 0 saturated carbocycles. The zero-order chi connectivity index (χ0) is 24.4. The van der Waals surface area contributed by atoms with Crippen LogP contribution in [0.15, 0.2) is 107 Å². The molecule has 0 saturated heterocycles. The normalized spacial score (nSPS) is 19.6. The Labute approximate surface area is 206 Å². The molecular formula is C28H20IrN2O-2. The molecule has 2 unspecified atom stereocenters. The van der Waals surface area contributed by atoms with E-state index in [4.69, 9.17) is 9.90 Å². The number of benzene rings is 3. The summed E-state index contributed by atoms with van der Waals surface area (Å²) in [7, 11) is 0. The number of furan rings is 1. The van der Waals surface area contributed by atoms with Crippen molar-refractivity contribution in [2.24, 2.45) is 4.99 Å². The molecule has 5 aromatic rings. The van der Waals surface area contributed by atoms with Gasteiger partial charge in [0.2, 0.25) is 0 Å². The molecule has 3 nitrogen and oxygen atoms in total. The molecule has 1 aliphatic heterocycles. The van der Waals surface area contributed by atoms with E-state index in [1.807, 2.05) is 72.8 Å². The van der Waals surface area contributed by atoms with Crippen LogP contribution in [0.1, 0.15) is 23.8 Å². The van der Waals surface area contributed by atoms with Crippen molar-refractivity contribution in [2.75, 3.05) is 0 Å². The predicted molar refractivity (Wildman–Crippen MR) is 126 cm³/mol. The Balaban J connectivity index is 0.000000198. The fraction of sp³-hybridized carbons (Fsp3) is 0.0714. The van der Waals surface area contributed by atoms with E-state index >= 15 is 0 Å². The largest absolute Gasteiger partial charge is 0.500 e. The van der Waals surface area contributed by atoms with Gasteiger partial charge >= 0.3 is 0 Å². The molecule has 32 heavy (non-hydrogen) atoms. The minimum atomic E-state index is -1.10. The summed E-state index contributed by atoms with van der Waals surface area (Å²) < 4.78 is 37.1. The maximum atomic E-state index is 8.13. The van der Waals surface area contributed by atoms with Crippen LogP contribution in [0.5, 0.6) is 0 Å². The van der Waals surface area contributed by atoms with Crippen molar-refractivity contribution in [1.29, 1.82) is 0 Å². The van der Waals surface area contributed by atoms with Crippen molar-refractivity contribution in [3.63, 3.8) is 0 Å². The molecule has 1 aliphatic rings. The topological polar surface area (TPSA) is 38.4 Å². The van der Waals surface area contributed by atoms with Crippen LogP contribution in [0.4, 0.5) is 0 Å². The van der Waals surface area contributed by atoms with Crippen LogP contribution < -0.4 is 0 Å². The molecule has 0 spiro atoms. The van der Waals surface area contributed by atoms with Gasteiger partial charge < -0.3 is 14.4 Å². The second-order valence-electron chi connectivity index (χ2n) is 6.80. The number of aliphatic imine (C=N–C) groups is 1. The molecule has 6 rings (SSSR count). The monoisotopic (exact) mass is 597 g/mol. The van der Waals surface area contributed by atoms with Crippen molar-refractivity contribution in [1.82, 2.24) is 4.98 Å². The van der Waals surface area contributed by atoms with Crippen LogP contribution in [0.2, 0.25) is 0 Å². The summed E-state index contributed by atoms with van der Waals surface area (Å²) in [6, 6.07) is 30.8. The van der Waals surface area contributed by atoms with Crippen molar-refractivity contribution in [3.05, 3.63) is 115 Å². The van der Waals surface area contributed by atoms with Gasteiger partial charge in [-0.05, 0) is 36.3 Å². The fourth-order valence-electron chi connectivity index (χ4n) is 3.33. The molecule has 0 fully saturated rings. The van der Waals surface area contributed by atoms with Gasteiger partial charge in [-0.2, -0.15) is 0 Å². The van der Waals surface area contributed by atoms with Crippen LogP contribution in [0.25, 0.3) is 33.2 Å². The maximum Gasteiger partial charge on any atom is 0.120 e. The zero-order valence-corrected chi connectivity index (χ0v) is 19.3. The number of rotatable bonds is 2. The minimum Gasteiger partial charge on any atom is -0.500 e. The molecule has 3 heterocycles. The second-order valence-corrected chi connectivity index (χ2v) is 6.80. The average molecular weight is 597 g/mol. The van der Waals surface area contributed by atoms with E-state index in [1.54, 1.807) is 12.3 Å². The van der Waals surface area contributed by atoms with E-state index in [0.29, 0.717) is 16.9 Å². The molecule has 4 heteroatoms. The van der Waals surface area contributed by atoms with E-state index in [-0.39, 0.29) is 32.3 Å². The first-order valence-electron chi connectivity index (χ1n) is 12.0. The molecular weight excluding hydrogens is 573 g/mol. The second kappa shape index (κ2) is 10.3. The molecule has 159 valence electrons. The molecule has 2 aromatic heterocycles. The fourth-order valence-corrected chi connectivity index (χ4v) is 3.33. The van der Waals surface area contributed by atoms with Gasteiger partial charge in [0, 0.05) is 40.6 Å². The van der Waals surface area contributed by atoms with Gasteiger partial charge in [-0.25, -0.2) is 0 Å². The van der Waals surface area contributed by atoms with Crippen molar-refractivity contribution in [2.45, 2.75) is 12.8 Å². The third kappa shape index (κ3) is 4.77. The Morgan fingerprint density at radius 2 is 1.78 bits per heavy atom. The first-order valence-corrected chi connectivity index (χ1v) is 9.85. The Morgan fingerprint density at radius 1 is 0.906 bits per heavy atom. The minimum absolute atomic E-state index is 0. The molecule has 0 aliphatic carbocycles. The van der Waals surface area contributed by atoms with Crippen LogP contribution in [-0.2, 0) is 20.1 Å². The average Bonchev–Trinajstić information content (AvgIpc) is 3.29. The standard InChI is InChI=1S/C17H12NO.C11H8N.Ir/c1-2-7-16-13(5-1)14-11-12(8-9-17(14)19-16)15-6-3-4-10-18-15;1-2-6-10(7-3-1)11-8-4-5-9-12-11;/h1-2,4-5,7,9-11H,3,6H2;1-6,8-9H;/q2*-1;/i3D,4D,6D,10D;;.